The van der Waals surface area contributed by atoms with E-state index in [0.717, 1.165) is 0 Å². The molecule has 0 saturated heterocycles. The Morgan fingerprint density at radius 3 is 2.68 bits per heavy atom. The van der Waals surface area contributed by atoms with Gasteiger partial charge < -0.3 is 9.47 Å². The molecule has 0 aliphatic rings. The molecule has 3 rings (SSSR count). The van der Waals surface area contributed by atoms with Crippen LogP contribution in [0.15, 0.2) is 58.5 Å². The third kappa shape index (κ3) is 3.70. The number of para-hydroxylation sites is 3. The van der Waals surface area contributed by atoms with Gasteiger partial charge in [0.25, 0.3) is 5.56 Å². The SMILES string of the molecule is CCOCCSc1nc2ccccc2c(=O)n1-c1ccccc1OC. The van der Waals surface area contributed by atoms with E-state index in [0.29, 0.717) is 46.5 Å². The van der Waals surface area contributed by atoms with E-state index in [-0.39, 0.29) is 5.56 Å². The van der Waals surface area contributed by atoms with E-state index in [9.17, 15) is 4.79 Å². The minimum absolute atomic E-state index is 0.103. The Morgan fingerprint density at radius 1 is 1.12 bits per heavy atom. The van der Waals surface area contributed by atoms with Crippen molar-refractivity contribution in [2.24, 2.45) is 0 Å². The molecule has 0 amide bonds. The number of thioether (sulfide) groups is 1. The summed E-state index contributed by atoms with van der Waals surface area (Å²) in [6.07, 6.45) is 0. The zero-order valence-electron chi connectivity index (χ0n) is 14.3. The number of hydrogen-bond acceptors (Lipinski definition) is 5. The molecular weight excluding hydrogens is 336 g/mol. The molecule has 0 aliphatic carbocycles. The largest absolute Gasteiger partial charge is 0.495 e. The molecular formula is C19H20N2O3S. The summed E-state index contributed by atoms with van der Waals surface area (Å²) in [5, 5.41) is 1.22. The molecule has 6 heteroatoms. The summed E-state index contributed by atoms with van der Waals surface area (Å²) < 4.78 is 12.5. The van der Waals surface area contributed by atoms with Crippen molar-refractivity contribution in [1.29, 1.82) is 0 Å². The monoisotopic (exact) mass is 356 g/mol. The number of hydrogen-bond donors (Lipinski definition) is 0. The minimum Gasteiger partial charge on any atom is -0.495 e. The molecule has 2 aromatic carbocycles. The molecule has 0 spiro atoms. The molecule has 0 N–H and O–H groups in total. The summed E-state index contributed by atoms with van der Waals surface area (Å²) >= 11 is 1.50. The number of ether oxygens (including phenoxy) is 2. The van der Waals surface area contributed by atoms with Crippen LogP contribution in [0, 0.1) is 0 Å². The second kappa shape index (κ2) is 8.18. The maximum Gasteiger partial charge on any atom is 0.266 e. The Balaban J connectivity index is 2.16. The van der Waals surface area contributed by atoms with Gasteiger partial charge in [0.1, 0.15) is 5.75 Å². The second-order valence-electron chi connectivity index (χ2n) is 5.27. The van der Waals surface area contributed by atoms with E-state index in [4.69, 9.17) is 14.5 Å². The highest BCUT2D eigenvalue weighted by atomic mass is 32.2. The van der Waals surface area contributed by atoms with Crippen LogP contribution in [0.4, 0.5) is 0 Å². The van der Waals surface area contributed by atoms with Gasteiger partial charge in [-0.3, -0.25) is 9.36 Å². The fourth-order valence-corrected chi connectivity index (χ4v) is 3.43. The highest BCUT2D eigenvalue weighted by Crippen LogP contribution is 2.26. The quantitative estimate of drug-likeness (QED) is 0.368. The van der Waals surface area contributed by atoms with Crippen LogP contribution in [0.1, 0.15) is 6.92 Å². The van der Waals surface area contributed by atoms with Crippen molar-refractivity contribution < 1.29 is 9.47 Å². The summed E-state index contributed by atoms with van der Waals surface area (Å²) in [4.78, 5) is 17.8. The molecule has 0 bridgehead atoms. The van der Waals surface area contributed by atoms with Gasteiger partial charge in [-0.2, -0.15) is 0 Å². The van der Waals surface area contributed by atoms with Gasteiger partial charge in [0.05, 0.1) is 30.3 Å². The summed E-state index contributed by atoms with van der Waals surface area (Å²) in [5.74, 6) is 1.35. The molecule has 0 saturated carbocycles. The maximum absolute atomic E-state index is 13.1. The van der Waals surface area contributed by atoms with Crippen molar-refractivity contribution >= 4 is 22.7 Å². The predicted molar refractivity (Wildman–Crippen MR) is 101 cm³/mol. The lowest BCUT2D eigenvalue weighted by atomic mass is 10.2. The van der Waals surface area contributed by atoms with E-state index in [1.165, 1.54) is 11.8 Å². The average Bonchev–Trinajstić information content (AvgIpc) is 2.65. The number of benzene rings is 2. The number of nitrogens with zero attached hydrogens (tertiary/aromatic N) is 2. The molecule has 0 aliphatic heterocycles. The van der Waals surface area contributed by atoms with Gasteiger partial charge in [0, 0.05) is 12.4 Å². The molecule has 25 heavy (non-hydrogen) atoms. The molecule has 1 heterocycles. The van der Waals surface area contributed by atoms with Gasteiger partial charge in [-0.15, -0.1) is 0 Å². The maximum atomic E-state index is 13.1. The van der Waals surface area contributed by atoms with E-state index in [2.05, 4.69) is 0 Å². The van der Waals surface area contributed by atoms with E-state index in [1.54, 1.807) is 17.7 Å². The van der Waals surface area contributed by atoms with Gasteiger partial charge in [-0.25, -0.2) is 4.98 Å². The fraction of sp³-hybridized carbons (Fsp3) is 0.263. The van der Waals surface area contributed by atoms with Gasteiger partial charge in [0.2, 0.25) is 0 Å². The highest BCUT2D eigenvalue weighted by Gasteiger charge is 2.15. The van der Waals surface area contributed by atoms with Crippen LogP contribution in [-0.2, 0) is 4.74 Å². The molecule has 0 unspecified atom stereocenters. The van der Waals surface area contributed by atoms with Crippen molar-refractivity contribution in [3.63, 3.8) is 0 Å². The van der Waals surface area contributed by atoms with Crippen LogP contribution >= 0.6 is 11.8 Å². The van der Waals surface area contributed by atoms with Crippen molar-refractivity contribution in [2.45, 2.75) is 12.1 Å². The van der Waals surface area contributed by atoms with Gasteiger partial charge in [-0.05, 0) is 31.2 Å². The summed E-state index contributed by atoms with van der Waals surface area (Å²) in [6, 6.07) is 14.9. The van der Waals surface area contributed by atoms with E-state index < -0.39 is 0 Å². The van der Waals surface area contributed by atoms with Crippen LogP contribution in [0.5, 0.6) is 5.75 Å². The predicted octanol–water partition coefficient (Wildman–Crippen LogP) is 3.52. The van der Waals surface area contributed by atoms with Crippen molar-refractivity contribution in [2.75, 3.05) is 26.1 Å². The smallest absolute Gasteiger partial charge is 0.266 e. The molecule has 0 atom stereocenters. The lowest BCUT2D eigenvalue weighted by Gasteiger charge is -2.15. The van der Waals surface area contributed by atoms with Crippen molar-refractivity contribution in [1.82, 2.24) is 9.55 Å². The molecule has 0 radical (unpaired) electrons. The molecule has 1 aromatic heterocycles. The zero-order valence-corrected chi connectivity index (χ0v) is 15.1. The van der Waals surface area contributed by atoms with Crippen LogP contribution < -0.4 is 10.3 Å². The highest BCUT2D eigenvalue weighted by molar-refractivity contribution is 7.99. The first-order valence-electron chi connectivity index (χ1n) is 8.12. The normalized spacial score (nSPS) is 11.0. The van der Waals surface area contributed by atoms with Crippen LogP contribution in [0.3, 0.4) is 0 Å². The van der Waals surface area contributed by atoms with Gasteiger partial charge in [0.15, 0.2) is 5.16 Å². The minimum atomic E-state index is -0.103. The molecule has 3 aromatic rings. The lowest BCUT2D eigenvalue weighted by molar-refractivity contribution is 0.164. The van der Waals surface area contributed by atoms with Crippen LogP contribution in [0.2, 0.25) is 0 Å². The Kier molecular flexibility index (Phi) is 5.73. The number of methoxy groups -OCH3 is 1. The molecule has 130 valence electrons. The fourth-order valence-electron chi connectivity index (χ4n) is 2.57. The van der Waals surface area contributed by atoms with Gasteiger partial charge in [-0.1, -0.05) is 36.0 Å². The Bertz CT molecular complexity index is 924. The first kappa shape index (κ1) is 17.5. The second-order valence-corrected chi connectivity index (χ2v) is 6.33. The first-order chi connectivity index (χ1) is 12.3. The summed E-state index contributed by atoms with van der Waals surface area (Å²) in [6.45, 7) is 3.24. The average molecular weight is 356 g/mol. The lowest BCUT2D eigenvalue weighted by Crippen LogP contribution is -2.22. The standard InChI is InChI=1S/C19H20N2O3S/c1-3-24-12-13-25-19-20-15-9-5-4-8-14(15)18(22)21(19)16-10-6-7-11-17(16)23-2/h4-11H,3,12-13H2,1-2H3. The van der Waals surface area contributed by atoms with Gasteiger partial charge >= 0.3 is 0 Å². The summed E-state index contributed by atoms with van der Waals surface area (Å²) in [5.41, 5.74) is 1.28. The first-order valence-corrected chi connectivity index (χ1v) is 9.10. The van der Waals surface area contributed by atoms with E-state index >= 15 is 0 Å². The number of aromatic nitrogens is 2. The topological polar surface area (TPSA) is 53.3 Å². The Labute approximate surface area is 150 Å². The third-order valence-electron chi connectivity index (χ3n) is 3.73. The molecule has 0 fully saturated rings. The zero-order chi connectivity index (χ0) is 17.6. The van der Waals surface area contributed by atoms with Crippen molar-refractivity contribution in [3.8, 4) is 11.4 Å². The number of rotatable bonds is 7. The Morgan fingerprint density at radius 2 is 1.88 bits per heavy atom. The molecule has 5 nitrogen and oxygen atoms in total. The van der Waals surface area contributed by atoms with Crippen molar-refractivity contribution in [3.05, 3.63) is 58.9 Å². The third-order valence-corrected chi connectivity index (χ3v) is 4.64. The summed E-state index contributed by atoms with van der Waals surface area (Å²) in [7, 11) is 1.60. The Hall–Kier alpha value is -2.31. The van der Waals surface area contributed by atoms with E-state index in [1.807, 2.05) is 49.4 Å². The van der Waals surface area contributed by atoms with Crippen LogP contribution in [-0.4, -0.2) is 35.6 Å². The van der Waals surface area contributed by atoms with Crippen LogP contribution in [0.25, 0.3) is 16.6 Å². The number of fused-ring (bicyclic) bond motifs is 1.